The first-order valence-electron chi connectivity index (χ1n) is 10.1. The maximum absolute atomic E-state index is 12.7. The molecule has 3 aromatic rings. The van der Waals surface area contributed by atoms with Crippen LogP contribution in [-0.2, 0) is 4.79 Å². The predicted molar refractivity (Wildman–Crippen MR) is 118 cm³/mol. The van der Waals surface area contributed by atoms with E-state index in [1.807, 2.05) is 36.2 Å². The summed E-state index contributed by atoms with van der Waals surface area (Å²) in [6.45, 7) is 3.41. The van der Waals surface area contributed by atoms with Gasteiger partial charge in [-0.3, -0.25) is 9.69 Å². The molecule has 0 saturated carbocycles. The number of ether oxygens (including phenoxy) is 2. The molecule has 1 aromatic heterocycles. The quantitative estimate of drug-likeness (QED) is 0.628. The minimum Gasteiger partial charge on any atom is -0.490 e. The third kappa shape index (κ3) is 4.98. The smallest absolute Gasteiger partial charge is 0.238 e. The van der Waals surface area contributed by atoms with Crippen LogP contribution in [-0.4, -0.2) is 52.4 Å². The van der Waals surface area contributed by atoms with Gasteiger partial charge in [0.05, 0.1) is 36.2 Å². The molecule has 0 fully saturated rings. The normalized spacial score (nSPS) is 14.2. The average molecular weight is 442 g/mol. The number of rotatable bonds is 6. The van der Waals surface area contributed by atoms with E-state index in [0.717, 1.165) is 17.7 Å². The summed E-state index contributed by atoms with van der Waals surface area (Å²) in [6.07, 6.45) is 3.95. The molecule has 31 heavy (non-hydrogen) atoms. The Labute approximate surface area is 185 Å². The van der Waals surface area contributed by atoms with Crippen LogP contribution in [0.25, 0.3) is 5.69 Å². The van der Waals surface area contributed by atoms with Gasteiger partial charge < -0.3 is 14.8 Å². The van der Waals surface area contributed by atoms with Crippen molar-refractivity contribution in [3.63, 3.8) is 0 Å². The Morgan fingerprint density at radius 2 is 1.94 bits per heavy atom. The van der Waals surface area contributed by atoms with E-state index in [4.69, 9.17) is 21.1 Å². The number of nitrogens with zero attached hydrogens (tertiary/aromatic N) is 4. The van der Waals surface area contributed by atoms with Gasteiger partial charge >= 0.3 is 0 Å². The molecule has 1 N–H and O–H groups in total. The van der Waals surface area contributed by atoms with E-state index in [-0.39, 0.29) is 18.5 Å². The van der Waals surface area contributed by atoms with Crippen molar-refractivity contribution in [3.05, 3.63) is 59.6 Å². The zero-order valence-electron chi connectivity index (χ0n) is 17.4. The van der Waals surface area contributed by atoms with Gasteiger partial charge in [0.15, 0.2) is 11.5 Å². The molecule has 2 heterocycles. The third-order valence-corrected chi connectivity index (χ3v) is 5.54. The van der Waals surface area contributed by atoms with E-state index < -0.39 is 0 Å². The number of carbonyl (C=O) groups is 1. The second-order valence-corrected chi connectivity index (χ2v) is 7.81. The van der Waals surface area contributed by atoms with Crippen molar-refractivity contribution in [1.29, 1.82) is 0 Å². The Hall–Kier alpha value is -3.10. The molecule has 162 valence electrons. The molecule has 1 atom stereocenters. The van der Waals surface area contributed by atoms with Crippen LogP contribution >= 0.6 is 11.6 Å². The standard InChI is InChI=1S/C22H24ClN5O3/c1-15(16-4-6-17(7-5-16)28-14-24-13-25-28)27(2)12-22(29)26-19-11-21-20(10-18(19)23)30-8-3-9-31-21/h4-7,10-11,13-15H,3,8-9,12H2,1-2H3,(H,26,29). The number of likely N-dealkylation sites (N-methyl/N-ethyl adjacent to an activating group) is 1. The van der Waals surface area contributed by atoms with Crippen molar-refractivity contribution in [2.24, 2.45) is 0 Å². The summed E-state index contributed by atoms with van der Waals surface area (Å²) in [5.74, 6) is 1.02. The van der Waals surface area contributed by atoms with Crippen LogP contribution < -0.4 is 14.8 Å². The number of benzene rings is 2. The van der Waals surface area contributed by atoms with E-state index in [1.54, 1.807) is 23.1 Å². The number of fused-ring (bicyclic) bond motifs is 1. The van der Waals surface area contributed by atoms with Gasteiger partial charge in [-0.2, -0.15) is 5.10 Å². The first-order chi connectivity index (χ1) is 15.0. The Morgan fingerprint density at radius 1 is 1.23 bits per heavy atom. The Morgan fingerprint density at radius 3 is 2.61 bits per heavy atom. The summed E-state index contributed by atoms with van der Waals surface area (Å²) in [5.41, 5.74) is 2.53. The molecule has 0 spiro atoms. The highest BCUT2D eigenvalue weighted by Gasteiger charge is 2.18. The van der Waals surface area contributed by atoms with Crippen LogP contribution in [0.2, 0.25) is 5.02 Å². The summed E-state index contributed by atoms with van der Waals surface area (Å²) in [5, 5.41) is 7.42. The molecule has 1 amide bonds. The van der Waals surface area contributed by atoms with E-state index in [0.29, 0.717) is 35.4 Å². The lowest BCUT2D eigenvalue weighted by Gasteiger charge is -2.25. The fourth-order valence-corrected chi connectivity index (χ4v) is 3.54. The highest BCUT2D eigenvalue weighted by molar-refractivity contribution is 6.34. The van der Waals surface area contributed by atoms with E-state index >= 15 is 0 Å². The van der Waals surface area contributed by atoms with E-state index in [2.05, 4.69) is 22.3 Å². The molecule has 0 bridgehead atoms. The lowest BCUT2D eigenvalue weighted by atomic mass is 10.1. The van der Waals surface area contributed by atoms with Gasteiger partial charge in [0.25, 0.3) is 0 Å². The van der Waals surface area contributed by atoms with E-state index in [1.165, 1.54) is 6.33 Å². The zero-order chi connectivity index (χ0) is 21.8. The molecule has 0 aliphatic carbocycles. The molecule has 2 aromatic carbocycles. The van der Waals surface area contributed by atoms with Crippen molar-refractivity contribution < 1.29 is 14.3 Å². The number of hydrogen-bond donors (Lipinski definition) is 1. The Kier molecular flexibility index (Phi) is 6.39. The summed E-state index contributed by atoms with van der Waals surface area (Å²) in [6, 6.07) is 11.4. The second kappa shape index (κ2) is 9.36. The lowest BCUT2D eigenvalue weighted by Crippen LogP contribution is -2.32. The van der Waals surface area contributed by atoms with Gasteiger partial charge in [-0.25, -0.2) is 9.67 Å². The molecule has 1 unspecified atom stereocenters. The van der Waals surface area contributed by atoms with Crippen LogP contribution in [0.5, 0.6) is 11.5 Å². The fraction of sp³-hybridized carbons (Fsp3) is 0.318. The predicted octanol–water partition coefficient (Wildman–Crippen LogP) is 3.71. The Bertz CT molecular complexity index is 1040. The van der Waals surface area contributed by atoms with Crippen molar-refractivity contribution >= 4 is 23.2 Å². The minimum atomic E-state index is -0.162. The number of hydrogen-bond acceptors (Lipinski definition) is 6. The van der Waals surface area contributed by atoms with Crippen LogP contribution in [0.3, 0.4) is 0 Å². The molecule has 4 rings (SSSR count). The average Bonchev–Trinajstić information content (AvgIpc) is 3.21. The molecular weight excluding hydrogens is 418 g/mol. The number of anilines is 1. The molecular formula is C22H24ClN5O3. The topological polar surface area (TPSA) is 81.5 Å². The number of aromatic nitrogens is 3. The summed E-state index contributed by atoms with van der Waals surface area (Å²) in [4.78, 5) is 18.6. The first-order valence-corrected chi connectivity index (χ1v) is 10.4. The number of carbonyl (C=O) groups excluding carboxylic acids is 1. The van der Waals surface area contributed by atoms with Crippen molar-refractivity contribution in [1.82, 2.24) is 19.7 Å². The molecule has 9 heteroatoms. The monoisotopic (exact) mass is 441 g/mol. The highest BCUT2D eigenvalue weighted by Crippen LogP contribution is 2.37. The van der Waals surface area contributed by atoms with Gasteiger partial charge in [0.2, 0.25) is 5.91 Å². The fourth-order valence-electron chi connectivity index (χ4n) is 3.33. The van der Waals surface area contributed by atoms with E-state index in [9.17, 15) is 4.79 Å². The van der Waals surface area contributed by atoms with Crippen LogP contribution in [0.1, 0.15) is 24.9 Å². The SMILES string of the molecule is CC(c1ccc(-n2cncn2)cc1)N(C)CC(=O)Nc1cc2c(cc1Cl)OCCCO2. The third-order valence-electron chi connectivity index (χ3n) is 5.22. The molecule has 0 saturated heterocycles. The van der Waals surface area contributed by atoms with Crippen LogP contribution in [0, 0.1) is 0 Å². The summed E-state index contributed by atoms with van der Waals surface area (Å²) < 4.78 is 13.0. The van der Waals surface area contributed by atoms with Crippen LogP contribution in [0.4, 0.5) is 5.69 Å². The number of amides is 1. The molecule has 1 aliphatic heterocycles. The molecule has 0 radical (unpaired) electrons. The van der Waals surface area contributed by atoms with Crippen LogP contribution in [0.15, 0.2) is 49.1 Å². The Balaban J connectivity index is 1.38. The molecule has 1 aliphatic rings. The first kappa shape index (κ1) is 21.1. The maximum atomic E-state index is 12.7. The van der Waals surface area contributed by atoms with Crippen molar-refractivity contribution in [2.45, 2.75) is 19.4 Å². The zero-order valence-corrected chi connectivity index (χ0v) is 18.2. The lowest BCUT2D eigenvalue weighted by molar-refractivity contribution is -0.117. The minimum absolute atomic E-state index is 0.0368. The van der Waals surface area contributed by atoms with Crippen molar-refractivity contribution in [2.75, 3.05) is 32.1 Å². The van der Waals surface area contributed by atoms with Gasteiger partial charge in [0.1, 0.15) is 12.7 Å². The van der Waals surface area contributed by atoms with Gasteiger partial charge in [-0.15, -0.1) is 0 Å². The second-order valence-electron chi connectivity index (χ2n) is 7.40. The van der Waals surface area contributed by atoms with Gasteiger partial charge in [0, 0.05) is 24.6 Å². The van der Waals surface area contributed by atoms with Crippen molar-refractivity contribution in [3.8, 4) is 17.2 Å². The molecule has 8 nitrogen and oxygen atoms in total. The number of halogens is 1. The largest absolute Gasteiger partial charge is 0.490 e. The summed E-state index contributed by atoms with van der Waals surface area (Å²) in [7, 11) is 1.91. The van der Waals surface area contributed by atoms with Gasteiger partial charge in [-0.1, -0.05) is 23.7 Å². The maximum Gasteiger partial charge on any atom is 0.238 e. The van der Waals surface area contributed by atoms with Gasteiger partial charge in [-0.05, 0) is 31.7 Å². The highest BCUT2D eigenvalue weighted by atomic mass is 35.5. The summed E-state index contributed by atoms with van der Waals surface area (Å²) >= 11 is 6.34. The number of nitrogens with one attached hydrogen (secondary N) is 1.